The van der Waals surface area contributed by atoms with E-state index < -0.39 is 0 Å². The highest BCUT2D eigenvalue weighted by Crippen LogP contribution is 2.38. The number of hydrogen-bond acceptors (Lipinski definition) is 2. The van der Waals surface area contributed by atoms with Crippen molar-refractivity contribution in [3.05, 3.63) is 0 Å². The highest BCUT2D eigenvalue weighted by atomic mass is 15.2. The number of rotatable bonds is 2. The third-order valence-electron chi connectivity index (χ3n) is 5.08. The van der Waals surface area contributed by atoms with Gasteiger partial charge in [0.05, 0.1) is 0 Å². The molecule has 3 fully saturated rings. The molecule has 92 valence electrons. The second-order valence-corrected chi connectivity index (χ2v) is 6.59. The molecule has 3 aliphatic rings. The maximum absolute atomic E-state index is 3.75. The van der Waals surface area contributed by atoms with E-state index in [2.05, 4.69) is 17.1 Å². The number of nitrogens with one attached hydrogen (secondary N) is 1. The summed E-state index contributed by atoms with van der Waals surface area (Å²) in [7, 11) is 0. The number of fused-ring (bicyclic) bond motifs is 1. The summed E-state index contributed by atoms with van der Waals surface area (Å²) >= 11 is 0. The monoisotopic (exact) mass is 222 g/mol. The lowest BCUT2D eigenvalue weighted by Gasteiger charge is -2.38. The molecule has 2 heterocycles. The first-order chi connectivity index (χ1) is 7.75. The molecule has 2 aliphatic heterocycles. The van der Waals surface area contributed by atoms with Gasteiger partial charge in [-0.25, -0.2) is 0 Å². The van der Waals surface area contributed by atoms with E-state index in [4.69, 9.17) is 0 Å². The first kappa shape index (κ1) is 11.0. The highest BCUT2D eigenvalue weighted by Gasteiger charge is 2.38. The number of hydrogen-bond donors (Lipinski definition) is 1. The molecule has 3 atom stereocenters. The van der Waals surface area contributed by atoms with Gasteiger partial charge < -0.3 is 10.2 Å². The lowest BCUT2D eigenvalue weighted by Crippen LogP contribution is -2.53. The Kier molecular flexibility index (Phi) is 2.97. The Morgan fingerprint density at radius 2 is 1.88 bits per heavy atom. The fourth-order valence-corrected chi connectivity index (χ4v) is 4.21. The smallest absolute Gasteiger partial charge is 0.0280 e. The zero-order valence-electron chi connectivity index (χ0n) is 10.7. The van der Waals surface area contributed by atoms with E-state index in [1.165, 1.54) is 64.7 Å². The van der Waals surface area contributed by atoms with Gasteiger partial charge in [0.25, 0.3) is 0 Å². The Morgan fingerprint density at radius 3 is 2.50 bits per heavy atom. The van der Waals surface area contributed by atoms with Gasteiger partial charge in [-0.15, -0.1) is 0 Å². The SMILES string of the molecule is CC1(CN2CC3CCCC3C2)CCCCN1. The average molecular weight is 222 g/mol. The quantitative estimate of drug-likeness (QED) is 0.771. The summed E-state index contributed by atoms with van der Waals surface area (Å²) in [6.07, 6.45) is 8.68. The zero-order chi connectivity index (χ0) is 11.0. The highest BCUT2D eigenvalue weighted by molar-refractivity contribution is 4.95. The lowest BCUT2D eigenvalue weighted by molar-refractivity contribution is 0.179. The summed E-state index contributed by atoms with van der Waals surface area (Å²) < 4.78 is 0. The summed E-state index contributed by atoms with van der Waals surface area (Å²) in [6, 6.07) is 0. The Bertz CT molecular complexity index is 233. The molecule has 1 saturated carbocycles. The van der Waals surface area contributed by atoms with Crippen molar-refractivity contribution in [2.24, 2.45) is 11.8 Å². The van der Waals surface area contributed by atoms with Crippen molar-refractivity contribution in [3.8, 4) is 0 Å². The number of piperidine rings is 1. The van der Waals surface area contributed by atoms with Crippen molar-refractivity contribution in [3.63, 3.8) is 0 Å². The van der Waals surface area contributed by atoms with Crippen molar-refractivity contribution in [2.45, 2.75) is 51.0 Å². The van der Waals surface area contributed by atoms with Crippen LogP contribution in [0.2, 0.25) is 0 Å². The topological polar surface area (TPSA) is 15.3 Å². The second kappa shape index (κ2) is 4.30. The van der Waals surface area contributed by atoms with E-state index in [0.29, 0.717) is 5.54 Å². The lowest BCUT2D eigenvalue weighted by atomic mass is 9.90. The summed E-state index contributed by atoms with van der Waals surface area (Å²) in [5.41, 5.74) is 0.414. The van der Waals surface area contributed by atoms with Crippen molar-refractivity contribution < 1.29 is 0 Å². The van der Waals surface area contributed by atoms with Crippen LogP contribution in [0, 0.1) is 11.8 Å². The predicted molar refractivity (Wildman–Crippen MR) is 67.5 cm³/mol. The maximum atomic E-state index is 3.75. The van der Waals surface area contributed by atoms with Gasteiger partial charge in [0.1, 0.15) is 0 Å². The van der Waals surface area contributed by atoms with E-state index in [1.807, 2.05) is 0 Å². The molecule has 2 saturated heterocycles. The molecule has 1 aliphatic carbocycles. The molecule has 2 heteroatoms. The Labute approximate surface area is 99.8 Å². The normalized spacial score (nSPS) is 44.8. The summed E-state index contributed by atoms with van der Waals surface area (Å²) in [5.74, 6) is 2.10. The predicted octanol–water partition coefficient (Wildman–Crippen LogP) is 2.25. The Hall–Kier alpha value is -0.0800. The van der Waals surface area contributed by atoms with E-state index in [0.717, 1.165) is 11.8 Å². The number of likely N-dealkylation sites (tertiary alicyclic amines) is 1. The molecule has 0 aromatic rings. The third-order valence-corrected chi connectivity index (χ3v) is 5.08. The van der Waals surface area contributed by atoms with E-state index in [-0.39, 0.29) is 0 Å². The molecule has 0 spiro atoms. The molecule has 0 aromatic heterocycles. The standard InChI is InChI=1S/C14H26N2/c1-14(7-2-3-8-15-14)11-16-9-12-5-4-6-13(12)10-16/h12-13,15H,2-11H2,1H3. The first-order valence-corrected chi connectivity index (χ1v) is 7.23. The summed E-state index contributed by atoms with van der Waals surface area (Å²) in [4.78, 5) is 2.74. The first-order valence-electron chi connectivity index (χ1n) is 7.23. The van der Waals surface area contributed by atoms with Crippen molar-refractivity contribution >= 4 is 0 Å². The molecule has 16 heavy (non-hydrogen) atoms. The van der Waals surface area contributed by atoms with Crippen LogP contribution in [0.5, 0.6) is 0 Å². The maximum Gasteiger partial charge on any atom is 0.0280 e. The molecule has 0 amide bonds. The summed E-state index contributed by atoms with van der Waals surface area (Å²) in [6.45, 7) is 7.74. The van der Waals surface area contributed by atoms with E-state index in [9.17, 15) is 0 Å². The van der Waals surface area contributed by atoms with Crippen molar-refractivity contribution in [2.75, 3.05) is 26.2 Å². The van der Waals surface area contributed by atoms with E-state index >= 15 is 0 Å². The average Bonchev–Trinajstić information content (AvgIpc) is 2.78. The molecular formula is C14H26N2. The molecular weight excluding hydrogens is 196 g/mol. The van der Waals surface area contributed by atoms with Crippen LogP contribution in [-0.4, -0.2) is 36.6 Å². The van der Waals surface area contributed by atoms with Crippen LogP contribution >= 0.6 is 0 Å². The van der Waals surface area contributed by atoms with Gasteiger partial charge in [0.2, 0.25) is 0 Å². The summed E-state index contributed by atoms with van der Waals surface area (Å²) in [5, 5.41) is 3.75. The van der Waals surface area contributed by atoms with Gasteiger partial charge in [-0.05, 0) is 51.0 Å². The fraction of sp³-hybridized carbons (Fsp3) is 1.00. The molecule has 0 bridgehead atoms. The van der Waals surface area contributed by atoms with Gasteiger partial charge in [-0.2, -0.15) is 0 Å². The van der Waals surface area contributed by atoms with Crippen LogP contribution in [0.4, 0.5) is 0 Å². The number of nitrogens with zero attached hydrogens (tertiary/aromatic N) is 1. The van der Waals surface area contributed by atoms with Gasteiger partial charge in [0.15, 0.2) is 0 Å². The van der Waals surface area contributed by atoms with Crippen LogP contribution in [0.15, 0.2) is 0 Å². The fourth-order valence-electron chi connectivity index (χ4n) is 4.21. The second-order valence-electron chi connectivity index (χ2n) is 6.59. The largest absolute Gasteiger partial charge is 0.310 e. The Balaban J connectivity index is 1.55. The minimum absolute atomic E-state index is 0.414. The van der Waals surface area contributed by atoms with Crippen LogP contribution in [-0.2, 0) is 0 Å². The molecule has 0 aromatic carbocycles. The molecule has 3 unspecified atom stereocenters. The molecule has 1 N–H and O–H groups in total. The van der Waals surface area contributed by atoms with Crippen LogP contribution < -0.4 is 5.32 Å². The molecule has 3 rings (SSSR count). The van der Waals surface area contributed by atoms with Crippen molar-refractivity contribution in [1.29, 1.82) is 0 Å². The van der Waals surface area contributed by atoms with Crippen molar-refractivity contribution in [1.82, 2.24) is 10.2 Å². The van der Waals surface area contributed by atoms with Gasteiger partial charge in [0, 0.05) is 25.2 Å². The Morgan fingerprint density at radius 1 is 1.12 bits per heavy atom. The van der Waals surface area contributed by atoms with Gasteiger partial charge in [-0.1, -0.05) is 12.8 Å². The zero-order valence-corrected chi connectivity index (χ0v) is 10.7. The molecule has 0 radical (unpaired) electrons. The van der Waals surface area contributed by atoms with Crippen LogP contribution in [0.25, 0.3) is 0 Å². The van der Waals surface area contributed by atoms with E-state index in [1.54, 1.807) is 0 Å². The third kappa shape index (κ3) is 2.14. The van der Waals surface area contributed by atoms with Gasteiger partial charge >= 0.3 is 0 Å². The minimum Gasteiger partial charge on any atom is -0.310 e. The van der Waals surface area contributed by atoms with Gasteiger partial charge in [-0.3, -0.25) is 0 Å². The minimum atomic E-state index is 0.414. The molecule has 2 nitrogen and oxygen atoms in total. The van der Waals surface area contributed by atoms with Crippen LogP contribution in [0.3, 0.4) is 0 Å². The van der Waals surface area contributed by atoms with Crippen LogP contribution in [0.1, 0.15) is 45.4 Å².